The highest BCUT2D eigenvalue weighted by Gasteiger charge is 2.36. The van der Waals surface area contributed by atoms with Crippen molar-refractivity contribution < 1.29 is 19.0 Å². The van der Waals surface area contributed by atoms with Crippen molar-refractivity contribution >= 4 is 22.6 Å². The van der Waals surface area contributed by atoms with Crippen molar-refractivity contribution in [2.45, 2.75) is 44.2 Å². The van der Waals surface area contributed by atoms with E-state index < -0.39 is 17.2 Å². The van der Waals surface area contributed by atoms with Crippen molar-refractivity contribution in [2.24, 2.45) is 0 Å². The Bertz CT molecular complexity index is 995. The Morgan fingerprint density at radius 2 is 2.04 bits per heavy atom. The number of rotatable bonds is 2. The standard InChI is InChI=1S/C19H19FN2O4/c20-14-8-12-15(18-16(14)21-6-1-2-10(21)5-7-26-18)22(11-3-4-11)9-13(17(12)23)19(24)25/h8-11H,1-7H2,(H,24,25). The number of carbonyl (C=O) groups is 1. The van der Waals surface area contributed by atoms with Crippen LogP contribution in [0.1, 0.15) is 48.5 Å². The molecule has 2 aliphatic heterocycles. The number of aromatic carboxylic acids is 1. The molecule has 1 N–H and O–H groups in total. The van der Waals surface area contributed by atoms with Crippen LogP contribution in [0.4, 0.5) is 10.1 Å². The van der Waals surface area contributed by atoms with Gasteiger partial charge in [0, 0.05) is 31.2 Å². The SMILES string of the molecule is O=C(O)c1cn(C2CC2)c2c3c(c(F)cc2c1=O)N1CCCC1CCO3. The molecule has 5 rings (SSSR count). The lowest BCUT2D eigenvalue weighted by Gasteiger charge is -2.26. The summed E-state index contributed by atoms with van der Waals surface area (Å²) >= 11 is 0. The third kappa shape index (κ3) is 2.15. The van der Waals surface area contributed by atoms with Gasteiger partial charge >= 0.3 is 5.97 Å². The lowest BCUT2D eigenvalue weighted by molar-refractivity contribution is 0.0695. The number of carboxylic acids is 1. The van der Waals surface area contributed by atoms with Gasteiger partial charge in [0.1, 0.15) is 11.3 Å². The van der Waals surface area contributed by atoms with E-state index in [-0.39, 0.29) is 23.0 Å². The van der Waals surface area contributed by atoms with Crippen LogP contribution >= 0.6 is 0 Å². The maximum atomic E-state index is 15.1. The van der Waals surface area contributed by atoms with Crippen LogP contribution < -0.4 is 15.1 Å². The molecule has 7 heteroatoms. The van der Waals surface area contributed by atoms with E-state index in [0.717, 1.165) is 38.6 Å². The lowest BCUT2D eigenvalue weighted by Crippen LogP contribution is -2.29. The maximum absolute atomic E-state index is 15.1. The van der Waals surface area contributed by atoms with E-state index in [2.05, 4.69) is 4.90 Å². The van der Waals surface area contributed by atoms with Gasteiger partial charge in [0.2, 0.25) is 5.43 Å². The fraction of sp³-hybridized carbons (Fsp3) is 0.474. The lowest BCUT2D eigenvalue weighted by atomic mass is 10.1. The van der Waals surface area contributed by atoms with E-state index in [1.807, 2.05) is 4.57 Å². The molecule has 2 aromatic rings. The van der Waals surface area contributed by atoms with Gasteiger partial charge in [0.05, 0.1) is 17.5 Å². The van der Waals surface area contributed by atoms with Gasteiger partial charge in [0.15, 0.2) is 11.6 Å². The molecule has 26 heavy (non-hydrogen) atoms. The van der Waals surface area contributed by atoms with Gasteiger partial charge in [-0.1, -0.05) is 0 Å². The van der Waals surface area contributed by atoms with E-state index in [1.54, 1.807) is 0 Å². The Labute approximate surface area is 148 Å². The van der Waals surface area contributed by atoms with Crippen LogP contribution in [-0.4, -0.2) is 34.8 Å². The van der Waals surface area contributed by atoms with E-state index >= 15 is 4.39 Å². The highest BCUT2D eigenvalue weighted by atomic mass is 19.1. The average molecular weight is 358 g/mol. The summed E-state index contributed by atoms with van der Waals surface area (Å²) in [6.45, 7) is 1.23. The van der Waals surface area contributed by atoms with Crippen molar-refractivity contribution in [3.63, 3.8) is 0 Å². The molecule has 1 atom stereocenters. The summed E-state index contributed by atoms with van der Waals surface area (Å²) < 4.78 is 22.8. The monoisotopic (exact) mass is 358 g/mol. The number of benzene rings is 1. The zero-order valence-corrected chi connectivity index (χ0v) is 14.2. The Kier molecular flexibility index (Phi) is 3.29. The van der Waals surface area contributed by atoms with Crippen LogP contribution in [0.2, 0.25) is 0 Å². The fourth-order valence-corrected chi connectivity index (χ4v) is 4.37. The number of fused-ring (bicyclic) bond motifs is 5. The van der Waals surface area contributed by atoms with Crippen LogP contribution in [0.25, 0.3) is 10.9 Å². The van der Waals surface area contributed by atoms with Gasteiger partial charge in [-0.2, -0.15) is 0 Å². The zero-order valence-electron chi connectivity index (χ0n) is 14.2. The predicted molar refractivity (Wildman–Crippen MR) is 93.9 cm³/mol. The van der Waals surface area contributed by atoms with Gasteiger partial charge in [-0.3, -0.25) is 4.79 Å². The van der Waals surface area contributed by atoms with E-state index in [0.29, 0.717) is 23.6 Å². The number of hydrogen-bond donors (Lipinski definition) is 1. The second-order valence-corrected chi connectivity index (χ2v) is 7.37. The smallest absolute Gasteiger partial charge is 0.341 e. The average Bonchev–Trinajstić information content (AvgIpc) is 3.38. The number of hydrogen-bond acceptors (Lipinski definition) is 4. The van der Waals surface area contributed by atoms with Gasteiger partial charge in [-0.05, 0) is 31.7 Å². The molecule has 3 aliphatic rings. The van der Waals surface area contributed by atoms with Gasteiger partial charge < -0.3 is 19.3 Å². The van der Waals surface area contributed by atoms with Crippen molar-refractivity contribution in [1.29, 1.82) is 0 Å². The molecule has 0 amide bonds. The molecular weight excluding hydrogens is 339 g/mol. The molecule has 1 aromatic carbocycles. The summed E-state index contributed by atoms with van der Waals surface area (Å²) in [4.78, 5) is 26.2. The largest absolute Gasteiger partial charge is 0.489 e. The van der Waals surface area contributed by atoms with Crippen molar-refractivity contribution in [1.82, 2.24) is 4.57 Å². The first-order chi connectivity index (χ1) is 12.6. The van der Waals surface area contributed by atoms with Gasteiger partial charge in [-0.25, -0.2) is 9.18 Å². The Morgan fingerprint density at radius 3 is 2.77 bits per heavy atom. The van der Waals surface area contributed by atoms with Crippen molar-refractivity contribution in [3.8, 4) is 5.75 Å². The van der Waals surface area contributed by atoms with Crippen LogP contribution in [0.5, 0.6) is 5.75 Å². The number of aromatic nitrogens is 1. The van der Waals surface area contributed by atoms with Crippen molar-refractivity contribution in [2.75, 3.05) is 18.1 Å². The predicted octanol–water partition coefficient (Wildman–Crippen LogP) is 2.93. The van der Waals surface area contributed by atoms with Gasteiger partial charge in [0.25, 0.3) is 0 Å². The van der Waals surface area contributed by atoms with Crippen molar-refractivity contribution in [3.05, 3.63) is 33.9 Å². The minimum Gasteiger partial charge on any atom is -0.489 e. The summed E-state index contributed by atoms with van der Waals surface area (Å²) in [5.74, 6) is -1.41. The summed E-state index contributed by atoms with van der Waals surface area (Å²) in [5, 5.41) is 9.47. The number of carboxylic acid groups (broad SMARTS) is 1. The molecular formula is C19H19FN2O4. The molecule has 1 aromatic heterocycles. The Morgan fingerprint density at radius 1 is 1.23 bits per heavy atom. The van der Waals surface area contributed by atoms with Crippen LogP contribution in [0.15, 0.2) is 17.1 Å². The maximum Gasteiger partial charge on any atom is 0.341 e. The third-order valence-corrected chi connectivity index (χ3v) is 5.73. The molecule has 0 bridgehead atoms. The number of pyridine rings is 1. The second kappa shape index (κ2) is 5.46. The molecule has 1 saturated carbocycles. The molecule has 0 spiro atoms. The van der Waals surface area contributed by atoms with E-state index in [1.165, 1.54) is 12.3 Å². The Balaban J connectivity index is 1.88. The zero-order chi connectivity index (χ0) is 18.0. The Hall–Kier alpha value is -2.57. The summed E-state index contributed by atoms with van der Waals surface area (Å²) in [7, 11) is 0. The van der Waals surface area contributed by atoms with Crippen LogP contribution in [0.3, 0.4) is 0 Å². The highest BCUT2D eigenvalue weighted by Crippen LogP contribution is 2.46. The summed E-state index contributed by atoms with van der Waals surface area (Å²) in [5.41, 5.74) is -0.0193. The summed E-state index contributed by atoms with van der Waals surface area (Å²) in [6.07, 6.45) is 6.06. The minimum atomic E-state index is -1.29. The minimum absolute atomic E-state index is 0.0886. The molecule has 136 valence electrons. The molecule has 3 heterocycles. The normalized spacial score (nSPS) is 21.9. The first-order valence-corrected chi connectivity index (χ1v) is 9.10. The quantitative estimate of drug-likeness (QED) is 0.894. The number of ether oxygens (including phenoxy) is 1. The fourth-order valence-electron chi connectivity index (χ4n) is 4.37. The topological polar surface area (TPSA) is 71.8 Å². The van der Waals surface area contributed by atoms with E-state index in [9.17, 15) is 14.7 Å². The number of halogens is 1. The van der Waals surface area contributed by atoms with Crippen LogP contribution in [-0.2, 0) is 0 Å². The highest BCUT2D eigenvalue weighted by molar-refractivity contribution is 5.97. The molecule has 1 aliphatic carbocycles. The van der Waals surface area contributed by atoms with E-state index in [4.69, 9.17) is 4.74 Å². The molecule has 6 nitrogen and oxygen atoms in total. The first-order valence-electron chi connectivity index (χ1n) is 9.10. The number of anilines is 1. The molecule has 2 fully saturated rings. The second-order valence-electron chi connectivity index (χ2n) is 7.37. The molecule has 0 radical (unpaired) electrons. The first kappa shape index (κ1) is 15.7. The van der Waals surface area contributed by atoms with Crippen LogP contribution in [0, 0.1) is 5.82 Å². The number of nitrogens with zero attached hydrogens (tertiary/aromatic N) is 2. The molecule has 1 unspecified atom stereocenters. The third-order valence-electron chi connectivity index (χ3n) is 5.73. The van der Waals surface area contributed by atoms with Gasteiger partial charge in [-0.15, -0.1) is 0 Å². The molecule has 1 saturated heterocycles. The summed E-state index contributed by atoms with van der Waals surface area (Å²) in [6, 6.07) is 1.58.